The lowest BCUT2D eigenvalue weighted by Crippen LogP contribution is -2.36. The summed E-state index contributed by atoms with van der Waals surface area (Å²) in [4.78, 5) is 25.0. The van der Waals surface area contributed by atoms with E-state index in [9.17, 15) is 9.59 Å². The maximum Gasteiger partial charge on any atom is 0.255 e. The number of benzene rings is 1. The number of methoxy groups -OCH3 is 3. The Hall–Kier alpha value is -3.07. The van der Waals surface area contributed by atoms with Gasteiger partial charge in [0, 0.05) is 26.1 Å². The van der Waals surface area contributed by atoms with E-state index in [1.807, 2.05) is 0 Å². The van der Waals surface area contributed by atoms with Crippen LogP contribution in [0.1, 0.15) is 26.4 Å². The molecular weight excluding hydrogens is 364 g/mol. The van der Waals surface area contributed by atoms with E-state index in [-0.39, 0.29) is 17.9 Å². The molecule has 1 aliphatic heterocycles. The van der Waals surface area contributed by atoms with Crippen molar-refractivity contribution in [1.82, 2.24) is 20.4 Å². The van der Waals surface area contributed by atoms with Gasteiger partial charge < -0.3 is 24.8 Å². The zero-order valence-corrected chi connectivity index (χ0v) is 16.2. The van der Waals surface area contributed by atoms with Crippen LogP contribution in [-0.4, -0.2) is 62.1 Å². The molecule has 0 unspecified atom stereocenters. The fourth-order valence-electron chi connectivity index (χ4n) is 3.19. The fourth-order valence-corrected chi connectivity index (χ4v) is 3.19. The van der Waals surface area contributed by atoms with Crippen molar-refractivity contribution in [2.45, 2.75) is 19.0 Å². The van der Waals surface area contributed by atoms with Gasteiger partial charge in [0.15, 0.2) is 0 Å². The van der Waals surface area contributed by atoms with Crippen molar-refractivity contribution in [3.8, 4) is 11.5 Å². The first kappa shape index (κ1) is 19.7. The quantitative estimate of drug-likeness (QED) is 0.643. The summed E-state index contributed by atoms with van der Waals surface area (Å²) in [5.41, 5.74) is 1.75. The molecule has 3 rings (SSSR count). The zero-order chi connectivity index (χ0) is 20.1. The van der Waals surface area contributed by atoms with Gasteiger partial charge in [-0.05, 0) is 12.1 Å². The molecule has 2 heterocycles. The zero-order valence-electron chi connectivity index (χ0n) is 16.2. The Morgan fingerprint density at radius 1 is 1.18 bits per heavy atom. The van der Waals surface area contributed by atoms with Gasteiger partial charge >= 0.3 is 0 Å². The summed E-state index contributed by atoms with van der Waals surface area (Å²) in [7, 11) is 4.64. The van der Waals surface area contributed by atoms with Gasteiger partial charge in [0.25, 0.3) is 11.8 Å². The van der Waals surface area contributed by atoms with Crippen LogP contribution in [-0.2, 0) is 17.7 Å². The van der Waals surface area contributed by atoms with Gasteiger partial charge in [-0.3, -0.25) is 14.3 Å². The van der Waals surface area contributed by atoms with Crippen molar-refractivity contribution in [2.24, 2.45) is 0 Å². The lowest BCUT2D eigenvalue weighted by atomic mass is 10.1. The molecule has 150 valence electrons. The third-order valence-electron chi connectivity index (χ3n) is 4.61. The summed E-state index contributed by atoms with van der Waals surface area (Å²) in [5.74, 6) is 0.604. The van der Waals surface area contributed by atoms with Gasteiger partial charge in [-0.1, -0.05) is 0 Å². The van der Waals surface area contributed by atoms with E-state index in [4.69, 9.17) is 14.2 Å². The summed E-state index contributed by atoms with van der Waals surface area (Å²) >= 11 is 0. The standard InChI is InChI=1S/C19H24N4O5/c1-26-7-6-20-18(24)15-10-21-23-11-12(8-16(15)23)22-19(25)14-5-4-13(27-2)9-17(14)28-3/h4-5,9-10,12H,6-8,11H2,1-3H3,(H,20,24)(H,22,25)/t12-/m0/s1. The first-order chi connectivity index (χ1) is 13.6. The molecule has 0 spiro atoms. The normalized spacial score (nSPS) is 15.0. The number of hydrogen-bond donors (Lipinski definition) is 2. The van der Waals surface area contributed by atoms with Crippen LogP contribution in [0.2, 0.25) is 0 Å². The maximum atomic E-state index is 12.7. The SMILES string of the molecule is COCCNC(=O)c1cnn2c1C[C@H](NC(=O)c1ccc(OC)cc1OC)C2. The molecule has 9 heteroatoms. The Morgan fingerprint density at radius 3 is 2.71 bits per heavy atom. The predicted octanol–water partition coefficient (Wildman–Crippen LogP) is 0.631. The molecule has 0 saturated carbocycles. The third kappa shape index (κ3) is 4.09. The number of rotatable bonds is 8. The van der Waals surface area contributed by atoms with E-state index < -0.39 is 0 Å². The number of carbonyl (C=O) groups is 2. The summed E-state index contributed by atoms with van der Waals surface area (Å²) in [6, 6.07) is 4.87. The number of amides is 2. The molecule has 0 bridgehead atoms. The van der Waals surface area contributed by atoms with E-state index in [0.29, 0.717) is 48.7 Å². The average Bonchev–Trinajstić information content (AvgIpc) is 3.27. The summed E-state index contributed by atoms with van der Waals surface area (Å²) in [6.07, 6.45) is 2.08. The highest BCUT2D eigenvalue weighted by molar-refractivity contribution is 5.97. The molecule has 1 aromatic heterocycles. The summed E-state index contributed by atoms with van der Waals surface area (Å²) in [6.45, 7) is 1.37. The topological polar surface area (TPSA) is 104 Å². The van der Waals surface area contributed by atoms with E-state index in [1.165, 1.54) is 7.11 Å². The van der Waals surface area contributed by atoms with Gasteiger partial charge in [0.05, 0.1) is 56.4 Å². The Balaban J connectivity index is 1.65. The Bertz CT molecular complexity index is 864. The fraction of sp³-hybridized carbons (Fsp3) is 0.421. The second-order valence-electron chi connectivity index (χ2n) is 6.38. The van der Waals surface area contributed by atoms with Gasteiger partial charge in [0.1, 0.15) is 11.5 Å². The molecule has 28 heavy (non-hydrogen) atoms. The van der Waals surface area contributed by atoms with Crippen LogP contribution in [0.15, 0.2) is 24.4 Å². The molecule has 2 N–H and O–H groups in total. The smallest absolute Gasteiger partial charge is 0.255 e. The largest absolute Gasteiger partial charge is 0.497 e. The average molecular weight is 388 g/mol. The number of ether oxygens (including phenoxy) is 3. The van der Waals surface area contributed by atoms with Crippen LogP contribution in [0.4, 0.5) is 0 Å². The van der Waals surface area contributed by atoms with Crippen LogP contribution in [0.3, 0.4) is 0 Å². The molecule has 2 aromatic rings. The Labute approximate surface area is 163 Å². The number of aromatic nitrogens is 2. The lowest BCUT2D eigenvalue weighted by Gasteiger charge is -2.14. The molecule has 1 atom stereocenters. The molecule has 0 radical (unpaired) electrons. The summed E-state index contributed by atoms with van der Waals surface area (Å²) in [5, 5.41) is 10.0. The minimum Gasteiger partial charge on any atom is -0.497 e. The number of nitrogens with zero attached hydrogens (tertiary/aromatic N) is 2. The van der Waals surface area contributed by atoms with E-state index >= 15 is 0 Å². The monoisotopic (exact) mass is 388 g/mol. The number of hydrogen-bond acceptors (Lipinski definition) is 6. The lowest BCUT2D eigenvalue weighted by molar-refractivity contribution is 0.0929. The maximum absolute atomic E-state index is 12.7. The van der Waals surface area contributed by atoms with Crippen molar-refractivity contribution in [3.63, 3.8) is 0 Å². The summed E-state index contributed by atoms with van der Waals surface area (Å²) < 4.78 is 17.1. The third-order valence-corrected chi connectivity index (χ3v) is 4.61. The second-order valence-corrected chi connectivity index (χ2v) is 6.38. The second kappa shape index (κ2) is 8.75. The molecule has 1 aromatic carbocycles. The van der Waals surface area contributed by atoms with E-state index in [0.717, 1.165) is 5.69 Å². The Morgan fingerprint density at radius 2 is 2.00 bits per heavy atom. The van der Waals surface area contributed by atoms with Crippen molar-refractivity contribution < 1.29 is 23.8 Å². The molecule has 1 aliphatic rings. The highest BCUT2D eigenvalue weighted by Crippen LogP contribution is 2.25. The van der Waals surface area contributed by atoms with Crippen molar-refractivity contribution in [2.75, 3.05) is 34.5 Å². The first-order valence-corrected chi connectivity index (χ1v) is 8.92. The van der Waals surface area contributed by atoms with Gasteiger partial charge in [-0.15, -0.1) is 0 Å². The van der Waals surface area contributed by atoms with Gasteiger partial charge in [0.2, 0.25) is 0 Å². The van der Waals surface area contributed by atoms with Gasteiger partial charge in [-0.2, -0.15) is 5.10 Å². The van der Waals surface area contributed by atoms with E-state index in [2.05, 4.69) is 15.7 Å². The van der Waals surface area contributed by atoms with Crippen molar-refractivity contribution in [1.29, 1.82) is 0 Å². The number of nitrogens with one attached hydrogen (secondary N) is 2. The van der Waals surface area contributed by atoms with Crippen molar-refractivity contribution >= 4 is 11.8 Å². The molecule has 2 amide bonds. The highest BCUT2D eigenvalue weighted by atomic mass is 16.5. The van der Waals surface area contributed by atoms with Crippen LogP contribution in [0, 0.1) is 0 Å². The first-order valence-electron chi connectivity index (χ1n) is 8.92. The Kier molecular flexibility index (Phi) is 6.15. The predicted molar refractivity (Wildman–Crippen MR) is 101 cm³/mol. The van der Waals surface area contributed by atoms with Crippen LogP contribution >= 0.6 is 0 Å². The molecule has 0 aliphatic carbocycles. The number of fused-ring (bicyclic) bond motifs is 1. The minimum atomic E-state index is -0.249. The molecular formula is C19H24N4O5. The van der Waals surface area contributed by atoms with Crippen LogP contribution in [0.25, 0.3) is 0 Å². The van der Waals surface area contributed by atoms with Crippen LogP contribution < -0.4 is 20.1 Å². The minimum absolute atomic E-state index is 0.159. The molecule has 0 saturated heterocycles. The van der Waals surface area contributed by atoms with E-state index in [1.54, 1.807) is 43.3 Å². The number of carbonyl (C=O) groups excluding carboxylic acids is 2. The highest BCUT2D eigenvalue weighted by Gasteiger charge is 2.29. The molecule has 9 nitrogen and oxygen atoms in total. The molecule has 0 fully saturated rings. The van der Waals surface area contributed by atoms with Crippen LogP contribution in [0.5, 0.6) is 11.5 Å². The van der Waals surface area contributed by atoms with Crippen molar-refractivity contribution in [3.05, 3.63) is 41.2 Å². The van der Waals surface area contributed by atoms with Gasteiger partial charge in [-0.25, -0.2) is 0 Å².